The maximum absolute atomic E-state index is 9.99. The van der Waals surface area contributed by atoms with Crippen molar-refractivity contribution in [2.45, 2.75) is 0 Å². The summed E-state index contributed by atoms with van der Waals surface area (Å²) in [5, 5.41) is 0. The van der Waals surface area contributed by atoms with Gasteiger partial charge in [0.25, 0.3) is 0 Å². The Kier molecular flexibility index (Phi) is 4.00. The molecule has 0 bridgehead atoms. The molecule has 0 radical (unpaired) electrons. The predicted molar refractivity (Wildman–Crippen MR) is 20.5 cm³/mol. The number of hydrogen-bond acceptors (Lipinski definition) is 3. The summed E-state index contributed by atoms with van der Waals surface area (Å²) in [7, 11) is 2.74. The van der Waals surface area contributed by atoms with Crippen molar-refractivity contribution in [2.75, 3.05) is 14.2 Å². The molecule has 0 saturated carbocycles. The first-order valence-corrected chi connectivity index (χ1v) is 4.17. The zero-order valence-corrected chi connectivity index (χ0v) is 5.96. The van der Waals surface area contributed by atoms with Crippen LogP contribution in [0, 0.1) is 0 Å². The molecule has 0 aromatic heterocycles. The second-order valence-electron chi connectivity index (χ2n) is 0.537. The van der Waals surface area contributed by atoms with E-state index >= 15 is 0 Å². The van der Waals surface area contributed by atoms with E-state index in [4.69, 9.17) is 0 Å². The van der Waals surface area contributed by atoms with Crippen molar-refractivity contribution in [2.24, 2.45) is 0 Å². The third kappa shape index (κ3) is 2.73. The van der Waals surface area contributed by atoms with Crippen molar-refractivity contribution in [3.63, 3.8) is 0 Å². The summed E-state index contributed by atoms with van der Waals surface area (Å²) in [4.78, 5) is 0. The van der Waals surface area contributed by atoms with Gasteiger partial charge in [-0.1, -0.05) is 0 Å². The van der Waals surface area contributed by atoms with Gasteiger partial charge in [0.05, 0.1) is 0 Å². The molecule has 0 N–H and O–H groups in total. The monoisotopic (exact) mass is 208 g/mol. The first-order valence-electron chi connectivity index (χ1n) is 1.32. The summed E-state index contributed by atoms with van der Waals surface area (Å²) >= 11 is -2.66. The summed E-state index contributed by atoms with van der Waals surface area (Å²) < 4.78 is 18.6. The molecule has 0 unspecified atom stereocenters. The molecule has 0 rings (SSSR count). The van der Waals surface area contributed by atoms with Gasteiger partial charge in [-0.3, -0.25) is 0 Å². The van der Waals surface area contributed by atoms with Crippen LogP contribution in [0.15, 0.2) is 0 Å². The number of hydrogen-bond donors (Lipinski definition) is 0. The van der Waals surface area contributed by atoms with Crippen LogP contribution in [0.1, 0.15) is 0 Å². The molecular formula is C2H6O3Te. The summed E-state index contributed by atoms with van der Waals surface area (Å²) in [6.45, 7) is 0. The molecule has 0 atom stereocenters. The molecule has 6 heavy (non-hydrogen) atoms. The fourth-order valence-electron chi connectivity index (χ4n) is 0.0680. The van der Waals surface area contributed by atoms with E-state index in [1.54, 1.807) is 0 Å². The molecule has 0 spiro atoms. The predicted octanol–water partition coefficient (Wildman–Crippen LogP) is -0.305. The topological polar surface area (TPSA) is 35.5 Å². The van der Waals surface area contributed by atoms with Gasteiger partial charge < -0.3 is 0 Å². The molecule has 38 valence electrons. The van der Waals surface area contributed by atoms with E-state index in [2.05, 4.69) is 6.20 Å². The van der Waals surface area contributed by atoms with E-state index in [1.807, 2.05) is 0 Å². The van der Waals surface area contributed by atoms with Crippen molar-refractivity contribution < 1.29 is 9.31 Å². The Balaban J connectivity index is 2.99. The van der Waals surface area contributed by atoms with Gasteiger partial charge in [-0.05, 0) is 0 Å². The maximum atomic E-state index is 9.99. The third-order valence-electron chi connectivity index (χ3n) is 0.272. The van der Waals surface area contributed by atoms with Gasteiger partial charge >= 0.3 is 43.9 Å². The Morgan fingerprint density at radius 2 is 1.67 bits per heavy atom. The average Bonchev–Trinajstić information content (AvgIpc) is 1.65. The van der Waals surface area contributed by atoms with Crippen LogP contribution < -0.4 is 0 Å². The van der Waals surface area contributed by atoms with Crippen LogP contribution in [0.2, 0.25) is 0 Å². The summed E-state index contributed by atoms with van der Waals surface area (Å²) in [5.74, 6) is 0. The quantitative estimate of drug-likeness (QED) is 0.581. The van der Waals surface area contributed by atoms with E-state index in [0.29, 0.717) is 0 Å². The van der Waals surface area contributed by atoms with Crippen LogP contribution in [-0.4, -0.2) is 34.6 Å². The SMILES string of the molecule is CO[Te](=O)OC. The van der Waals surface area contributed by atoms with E-state index < -0.39 is 20.4 Å². The molecule has 0 fully saturated rings. The first-order chi connectivity index (χ1) is 2.81. The van der Waals surface area contributed by atoms with Gasteiger partial charge in [0, 0.05) is 0 Å². The minimum absolute atomic E-state index is 1.37. The Labute approximate surface area is 44.3 Å². The molecule has 0 aromatic carbocycles. The Morgan fingerprint density at radius 3 is 1.67 bits per heavy atom. The number of rotatable bonds is 2. The molecular weight excluding hydrogens is 200 g/mol. The molecule has 0 heterocycles. The van der Waals surface area contributed by atoms with E-state index in [9.17, 15) is 3.10 Å². The van der Waals surface area contributed by atoms with E-state index in [1.165, 1.54) is 14.2 Å². The van der Waals surface area contributed by atoms with Crippen molar-refractivity contribution >= 4 is 20.4 Å². The van der Waals surface area contributed by atoms with Crippen LogP contribution in [-0.2, 0) is 9.31 Å². The van der Waals surface area contributed by atoms with Crippen LogP contribution >= 0.6 is 0 Å². The molecule has 0 aliphatic rings. The molecule has 0 aliphatic heterocycles. The van der Waals surface area contributed by atoms with Crippen molar-refractivity contribution in [1.29, 1.82) is 0 Å². The molecule has 0 aromatic rings. The fraction of sp³-hybridized carbons (Fsp3) is 1.00. The van der Waals surface area contributed by atoms with E-state index in [0.717, 1.165) is 0 Å². The second-order valence-corrected chi connectivity index (χ2v) is 3.61. The molecule has 4 heteroatoms. The third-order valence-corrected chi connectivity index (χ3v) is 1.83. The fourth-order valence-corrected chi connectivity index (χ4v) is 0.456. The summed E-state index contributed by atoms with van der Waals surface area (Å²) in [6.07, 6.45) is 0. The first kappa shape index (κ1) is 6.51. The van der Waals surface area contributed by atoms with Crippen LogP contribution in [0.25, 0.3) is 0 Å². The van der Waals surface area contributed by atoms with Gasteiger partial charge in [-0.2, -0.15) is 0 Å². The van der Waals surface area contributed by atoms with E-state index in [-0.39, 0.29) is 0 Å². The van der Waals surface area contributed by atoms with Crippen LogP contribution in [0.3, 0.4) is 0 Å². The molecule has 0 saturated heterocycles. The average molecular weight is 206 g/mol. The molecule has 0 aliphatic carbocycles. The van der Waals surface area contributed by atoms with Crippen LogP contribution in [0.5, 0.6) is 0 Å². The summed E-state index contributed by atoms with van der Waals surface area (Å²) in [6, 6.07) is 0. The zero-order valence-electron chi connectivity index (χ0n) is 3.63. The van der Waals surface area contributed by atoms with Crippen molar-refractivity contribution in [1.82, 2.24) is 0 Å². The Hall–Kier alpha value is 0.510. The standard InChI is InChI=1S/C2H6O3Te/c1-4-6(3)5-2/h1-2H3. The van der Waals surface area contributed by atoms with Crippen LogP contribution in [0.4, 0.5) is 0 Å². The van der Waals surface area contributed by atoms with Gasteiger partial charge in [0.15, 0.2) is 0 Å². The Morgan fingerprint density at radius 1 is 1.33 bits per heavy atom. The van der Waals surface area contributed by atoms with Crippen molar-refractivity contribution in [3.05, 3.63) is 0 Å². The second kappa shape index (κ2) is 3.69. The molecule has 0 amide bonds. The zero-order chi connectivity index (χ0) is 4.99. The van der Waals surface area contributed by atoms with Crippen molar-refractivity contribution in [3.8, 4) is 0 Å². The molecule has 3 nitrogen and oxygen atoms in total. The van der Waals surface area contributed by atoms with Gasteiger partial charge in [-0.15, -0.1) is 0 Å². The van der Waals surface area contributed by atoms with Gasteiger partial charge in [0.1, 0.15) is 0 Å². The Bertz CT molecular complexity index is 46.8. The summed E-state index contributed by atoms with van der Waals surface area (Å²) in [5.41, 5.74) is 0. The van der Waals surface area contributed by atoms with Gasteiger partial charge in [-0.25, -0.2) is 0 Å². The van der Waals surface area contributed by atoms with Gasteiger partial charge in [0.2, 0.25) is 0 Å². The minimum atomic E-state index is -2.66. The normalized spacial score (nSPS) is 9.83.